The van der Waals surface area contributed by atoms with Gasteiger partial charge in [-0.15, -0.1) is 0 Å². The van der Waals surface area contributed by atoms with Crippen molar-refractivity contribution in [3.8, 4) is 11.6 Å². The van der Waals surface area contributed by atoms with E-state index >= 15 is 0 Å². The summed E-state index contributed by atoms with van der Waals surface area (Å²) in [4.78, 5) is 29.6. The Morgan fingerprint density at radius 2 is 2.00 bits per heavy atom. The van der Waals surface area contributed by atoms with Crippen LogP contribution in [0.3, 0.4) is 0 Å². The lowest BCUT2D eigenvalue weighted by molar-refractivity contribution is -0.107. The first-order valence-corrected chi connectivity index (χ1v) is 8.32. The second-order valence-electron chi connectivity index (χ2n) is 5.69. The summed E-state index contributed by atoms with van der Waals surface area (Å²) in [7, 11) is 1.71. The second-order valence-corrected chi connectivity index (χ2v) is 5.69. The number of H-pyrrole nitrogens is 1. The molecule has 3 aromatic rings. The summed E-state index contributed by atoms with van der Waals surface area (Å²) in [6.07, 6.45) is 3.34. The lowest BCUT2D eigenvalue weighted by atomic mass is 10.2. The molecule has 0 aliphatic rings. The first-order valence-electron chi connectivity index (χ1n) is 8.32. The minimum atomic E-state index is 0.252. The van der Waals surface area contributed by atoms with Gasteiger partial charge in [-0.2, -0.15) is 0 Å². The molecule has 2 aromatic heterocycles. The molecule has 3 rings (SSSR count). The van der Waals surface area contributed by atoms with Crippen LogP contribution in [0.1, 0.15) is 18.2 Å². The average Bonchev–Trinajstić information content (AvgIpc) is 3.15. The lowest BCUT2D eigenvalue weighted by Crippen LogP contribution is -2.24. The highest BCUT2D eigenvalue weighted by Crippen LogP contribution is 2.30. The third-order valence-corrected chi connectivity index (χ3v) is 3.97. The van der Waals surface area contributed by atoms with E-state index in [1.54, 1.807) is 7.05 Å². The molecule has 26 heavy (non-hydrogen) atoms. The Morgan fingerprint density at radius 1 is 1.23 bits per heavy atom. The number of hydrogen-bond donors (Lipinski definition) is 3. The molecule has 2 heterocycles. The molecule has 0 aliphatic heterocycles. The number of rotatable bonds is 7. The van der Waals surface area contributed by atoms with Crippen molar-refractivity contribution in [2.75, 3.05) is 23.0 Å². The number of nitrogen functional groups attached to an aromatic ring is 1. The molecule has 0 unspecified atom stereocenters. The molecule has 0 saturated heterocycles. The summed E-state index contributed by atoms with van der Waals surface area (Å²) in [5.74, 6) is 1.52. The normalized spacial score (nSPS) is 10.5. The SMILES string of the molecule is CCc1c[nH]c(-c2nc(N)c(NC)c(N(C=O)Cc3ccccc3)n2)n1. The smallest absolute Gasteiger partial charge is 0.215 e. The molecule has 0 aliphatic carbocycles. The van der Waals surface area contributed by atoms with Crippen LogP contribution in [0.25, 0.3) is 11.6 Å². The standard InChI is InChI=1S/C18H21N7O/c1-3-13-9-21-16(22-13)17-23-15(19)14(20-2)18(24-17)25(11-26)10-12-7-5-4-6-8-12/h4-9,11,20H,3,10H2,1-2H3,(H,21,22)(H2,19,23,24). The number of aromatic nitrogens is 4. The fourth-order valence-corrected chi connectivity index (χ4v) is 2.62. The van der Waals surface area contributed by atoms with E-state index in [1.807, 2.05) is 43.5 Å². The van der Waals surface area contributed by atoms with E-state index in [9.17, 15) is 4.79 Å². The number of imidazole rings is 1. The number of benzene rings is 1. The van der Waals surface area contributed by atoms with Crippen LogP contribution in [-0.4, -0.2) is 33.4 Å². The number of aromatic amines is 1. The van der Waals surface area contributed by atoms with Crippen LogP contribution < -0.4 is 16.0 Å². The Balaban J connectivity index is 2.04. The van der Waals surface area contributed by atoms with Gasteiger partial charge in [-0.1, -0.05) is 37.3 Å². The topological polar surface area (TPSA) is 113 Å². The fraction of sp³-hybridized carbons (Fsp3) is 0.222. The van der Waals surface area contributed by atoms with Crippen molar-refractivity contribution in [1.82, 2.24) is 19.9 Å². The van der Waals surface area contributed by atoms with E-state index < -0.39 is 0 Å². The largest absolute Gasteiger partial charge is 0.382 e. The zero-order valence-electron chi connectivity index (χ0n) is 14.7. The number of nitrogens with zero attached hydrogens (tertiary/aromatic N) is 4. The summed E-state index contributed by atoms with van der Waals surface area (Å²) in [6, 6.07) is 9.66. The maximum atomic E-state index is 11.8. The van der Waals surface area contributed by atoms with Gasteiger partial charge >= 0.3 is 0 Å². The fourth-order valence-electron chi connectivity index (χ4n) is 2.62. The Labute approximate surface area is 151 Å². The third-order valence-electron chi connectivity index (χ3n) is 3.97. The van der Waals surface area contributed by atoms with Crippen LogP contribution in [0, 0.1) is 0 Å². The lowest BCUT2D eigenvalue weighted by Gasteiger charge is -2.21. The summed E-state index contributed by atoms with van der Waals surface area (Å²) in [5, 5.41) is 2.98. The van der Waals surface area contributed by atoms with Crippen LogP contribution >= 0.6 is 0 Å². The number of anilines is 3. The van der Waals surface area contributed by atoms with Crippen molar-refractivity contribution in [3.63, 3.8) is 0 Å². The predicted octanol–water partition coefficient (Wildman–Crippen LogP) is 2.22. The minimum absolute atomic E-state index is 0.252. The molecule has 0 spiro atoms. The summed E-state index contributed by atoms with van der Waals surface area (Å²) in [6.45, 7) is 2.38. The van der Waals surface area contributed by atoms with Crippen molar-refractivity contribution < 1.29 is 4.79 Å². The number of carbonyl (C=O) groups is 1. The molecule has 0 saturated carbocycles. The van der Waals surface area contributed by atoms with Gasteiger partial charge in [0.15, 0.2) is 23.3 Å². The highest BCUT2D eigenvalue weighted by Gasteiger charge is 2.19. The second kappa shape index (κ2) is 7.64. The maximum absolute atomic E-state index is 11.8. The summed E-state index contributed by atoms with van der Waals surface area (Å²) < 4.78 is 0. The number of amides is 1. The number of nitrogens with two attached hydrogens (primary N) is 1. The van der Waals surface area contributed by atoms with Crippen LogP contribution in [0.2, 0.25) is 0 Å². The molecule has 0 fully saturated rings. The minimum Gasteiger partial charge on any atom is -0.382 e. The van der Waals surface area contributed by atoms with Crippen LogP contribution in [-0.2, 0) is 17.8 Å². The van der Waals surface area contributed by atoms with Gasteiger partial charge in [0.1, 0.15) is 5.69 Å². The highest BCUT2D eigenvalue weighted by atomic mass is 16.1. The number of carbonyl (C=O) groups excluding carboxylic acids is 1. The number of aryl methyl sites for hydroxylation is 1. The monoisotopic (exact) mass is 351 g/mol. The molecule has 8 nitrogen and oxygen atoms in total. The van der Waals surface area contributed by atoms with Crippen molar-refractivity contribution in [3.05, 3.63) is 47.8 Å². The van der Waals surface area contributed by atoms with Crippen molar-refractivity contribution in [2.45, 2.75) is 19.9 Å². The molecule has 8 heteroatoms. The van der Waals surface area contributed by atoms with Gasteiger partial charge in [0, 0.05) is 13.2 Å². The number of nitrogens with one attached hydrogen (secondary N) is 2. The van der Waals surface area contributed by atoms with Crippen molar-refractivity contribution >= 4 is 23.7 Å². The van der Waals surface area contributed by atoms with Gasteiger partial charge in [-0.05, 0) is 12.0 Å². The van der Waals surface area contributed by atoms with Gasteiger partial charge in [0.25, 0.3) is 0 Å². The molecule has 0 radical (unpaired) electrons. The third kappa shape index (κ3) is 3.49. The van der Waals surface area contributed by atoms with E-state index in [2.05, 4.69) is 25.3 Å². The molecular weight excluding hydrogens is 330 g/mol. The van der Waals surface area contributed by atoms with Crippen LogP contribution in [0.15, 0.2) is 36.5 Å². The van der Waals surface area contributed by atoms with E-state index in [1.165, 1.54) is 4.90 Å². The Morgan fingerprint density at radius 3 is 2.62 bits per heavy atom. The predicted molar refractivity (Wildman–Crippen MR) is 102 cm³/mol. The van der Waals surface area contributed by atoms with Crippen LogP contribution in [0.4, 0.5) is 17.3 Å². The van der Waals surface area contributed by atoms with Gasteiger partial charge < -0.3 is 16.0 Å². The highest BCUT2D eigenvalue weighted by molar-refractivity contribution is 5.86. The van der Waals surface area contributed by atoms with E-state index in [4.69, 9.17) is 5.73 Å². The van der Waals surface area contributed by atoms with Crippen LogP contribution in [0.5, 0.6) is 0 Å². The number of hydrogen-bond acceptors (Lipinski definition) is 6. The maximum Gasteiger partial charge on any atom is 0.215 e. The van der Waals surface area contributed by atoms with Gasteiger partial charge in [-0.3, -0.25) is 9.69 Å². The summed E-state index contributed by atoms with van der Waals surface area (Å²) in [5.41, 5.74) is 8.48. The Kier molecular flexibility index (Phi) is 5.12. The molecule has 1 aromatic carbocycles. The molecule has 134 valence electrons. The Hall–Kier alpha value is -3.42. The zero-order valence-corrected chi connectivity index (χ0v) is 14.7. The molecule has 0 atom stereocenters. The van der Waals surface area contributed by atoms with E-state index in [0.717, 1.165) is 24.1 Å². The van der Waals surface area contributed by atoms with E-state index in [-0.39, 0.29) is 5.82 Å². The van der Waals surface area contributed by atoms with Gasteiger partial charge in [0.2, 0.25) is 6.41 Å². The quantitative estimate of drug-likeness (QED) is 0.563. The van der Waals surface area contributed by atoms with Crippen molar-refractivity contribution in [1.29, 1.82) is 0 Å². The molecule has 1 amide bonds. The zero-order chi connectivity index (χ0) is 18.5. The summed E-state index contributed by atoms with van der Waals surface area (Å²) >= 11 is 0. The molecular formula is C18H21N7O. The average molecular weight is 351 g/mol. The van der Waals surface area contributed by atoms with Crippen molar-refractivity contribution in [2.24, 2.45) is 0 Å². The van der Waals surface area contributed by atoms with E-state index in [0.29, 0.717) is 29.7 Å². The first-order chi connectivity index (χ1) is 12.7. The molecule has 4 N–H and O–H groups in total. The Bertz CT molecular complexity index is 892. The van der Waals surface area contributed by atoms with Gasteiger partial charge in [-0.25, -0.2) is 15.0 Å². The molecule has 0 bridgehead atoms. The van der Waals surface area contributed by atoms with Gasteiger partial charge in [0.05, 0.1) is 12.2 Å². The first kappa shape index (κ1) is 17.4.